The van der Waals surface area contributed by atoms with Crippen molar-refractivity contribution in [2.45, 2.75) is 82.7 Å². The van der Waals surface area contributed by atoms with Crippen LogP contribution in [0.3, 0.4) is 0 Å². The third-order valence-corrected chi connectivity index (χ3v) is 6.42. The van der Waals surface area contributed by atoms with Crippen molar-refractivity contribution >= 4 is 0 Å². The Kier molecular flexibility index (Phi) is 5.58. The first kappa shape index (κ1) is 15.8. The van der Waals surface area contributed by atoms with Gasteiger partial charge in [-0.25, -0.2) is 0 Å². The molecule has 3 heteroatoms. The van der Waals surface area contributed by atoms with Crippen molar-refractivity contribution < 1.29 is 5.11 Å². The van der Waals surface area contributed by atoms with Crippen molar-refractivity contribution in [1.29, 1.82) is 0 Å². The summed E-state index contributed by atoms with van der Waals surface area (Å²) in [5, 5.41) is 17.5. The van der Waals surface area contributed by atoms with Crippen LogP contribution < -0.4 is 10.6 Å². The predicted octanol–water partition coefficient (Wildman–Crippen LogP) is 2.83. The van der Waals surface area contributed by atoms with Gasteiger partial charge in [-0.1, -0.05) is 32.1 Å². The van der Waals surface area contributed by atoms with Gasteiger partial charge in [-0.05, 0) is 51.0 Å². The molecule has 0 spiro atoms. The normalized spacial score (nSPS) is 36.7. The van der Waals surface area contributed by atoms with Crippen LogP contribution in [-0.4, -0.2) is 36.9 Å². The van der Waals surface area contributed by atoms with E-state index in [1.807, 2.05) is 0 Å². The lowest BCUT2D eigenvalue weighted by molar-refractivity contribution is 0.108. The summed E-state index contributed by atoms with van der Waals surface area (Å²) in [4.78, 5) is 0. The lowest BCUT2D eigenvalue weighted by Crippen LogP contribution is -2.52. The number of aliphatic hydroxyl groups excluding tert-OH is 1. The molecule has 0 aromatic carbocycles. The number of hydrogen-bond acceptors (Lipinski definition) is 3. The summed E-state index contributed by atoms with van der Waals surface area (Å²) in [6, 6.07) is 1.42. The van der Waals surface area contributed by atoms with E-state index in [2.05, 4.69) is 10.6 Å². The van der Waals surface area contributed by atoms with Crippen LogP contribution in [0.5, 0.6) is 0 Å². The molecule has 3 unspecified atom stereocenters. The third-order valence-electron chi connectivity index (χ3n) is 6.42. The van der Waals surface area contributed by atoms with E-state index < -0.39 is 0 Å². The molecule has 0 aromatic heterocycles. The molecule has 3 fully saturated rings. The van der Waals surface area contributed by atoms with E-state index in [1.54, 1.807) is 0 Å². The lowest BCUT2D eigenvalue weighted by atomic mass is 9.76. The van der Waals surface area contributed by atoms with Gasteiger partial charge in [0, 0.05) is 30.7 Å². The zero-order valence-corrected chi connectivity index (χ0v) is 13.6. The third kappa shape index (κ3) is 3.80. The topological polar surface area (TPSA) is 44.3 Å². The molecular weight excluding hydrogens is 260 g/mol. The van der Waals surface area contributed by atoms with Gasteiger partial charge in [0.2, 0.25) is 0 Å². The highest BCUT2D eigenvalue weighted by molar-refractivity contribution is 4.93. The van der Waals surface area contributed by atoms with Gasteiger partial charge in [-0.15, -0.1) is 0 Å². The maximum atomic E-state index is 9.81. The molecule has 1 aliphatic heterocycles. The fourth-order valence-electron chi connectivity index (χ4n) is 5.00. The molecule has 2 saturated carbocycles. The largest absolute Gasteiger partial charge is 0.396 e. The first-order chi connectivity index (χ1) is 10.3. The maximum Gasteiger partial charge on any atom is 0.0499 e. The van der Waals surface area contributed by atoms with E-state index in [0.29, 0.717) is 12.6 Å². The monoisotopic (exact) mass is 294 g/mol. The van der Waals surface area contributed by atoms with Gasteiger partial charge in [0.25, 0.3) is 0 Å². The van der Waals surface area contributed by atoms with E-state index in [4.69, 9.17) is 0 Å². The molecule has 3 aliphatic rings. The van der Waals surface area contributed by atoms with Crippen molar-refractivity contribution in [1.82, 2.24) is 10.6 Å². The number of piperidine rings is 1. The van der Waals surface area contributed by atoms with Crippen LogP contribution >= 0.6 is 0 Å². The van der Waals surface area contributed by atoms with Crippen LogP contribution in [0.1, 0.15) is 70.6 Å². The minimum absolute atomic E-state index is 0.196. The minimum Gasteiger partial charge on any atom is -0.396 e. The average molecular weight is 294 g/mol. The molecule has 0 bridgehead atoms. The second-order valence-electron chi connectivity index (χ2n) is 7.86. The molecule has 122 valence electrons. The lowest BCUT2D eigenvalue weighted by Gasteiger charge is -2.41. The Morgan fingerprint density at radius 1 is 0.952 bits per heavy atom. The Labute approximate surface area is 130 Å². The quantitative estimate of drug-likeness (QED) is 0.730. The Morgan fingerprint density at radius 3 is 2.43 bits per heavy atom. The zero-order chi connectivity index (χ0) is 14.5. The minimum atomic E-state index is 0.196. The highest BCUT2D eigenvalue weighted by Crippen LogP contribution is 2.38. The fourth-order valence-corrected chi connectivity index (χ4v) is 5.00. The molecule has 0 aromatic rings. The van der Waals surface area contributed by atoms with Crippen molar-refractivity contribution in [3.63, 3.8) is 0 Å². The summed E-state index contributed by atoms with van der Waals surface area (Å²) in [6.07, 6.45) is 14.7. The van der Waals surface area contributed by atoms with Crippen LogP contribution in [0.25, 0.3) is 0 Å². The SMILES string of the molecule is OCC1(CNC2CCCCC2C2CCCCN2)CCCC1. The fraction of sp³-hybridized carbons (Fsp3) is 1.00. The molecular formula is C18H34N2O. The Morgan fingerprint density at radius 2 is 1.71 bits per heavy atom. The predicted molar refractivity (Wildman–Crippen MR) is 87.4 cm³/mol. The van der Waals surface area contributed by atoms with Gasteiger partial charge in [0.1, 0.15) is 0 Å². The highest BCUT2D eigenvalue weighted by atomic mass is 16.3. The van der Waals surface area contributed by atoms with Crippen molar-refractivity contribution in [2.75, 3.05) is 19.7 Å². The Hall–Kier alpha value is -0.120. The van der Waals surface area contributed by atoms with Crippen LogP contribution in [0.15, 0.2) is 0 Å². The highest BCUT2D eigenvalue weighted by Gasteiger charge is 2.36. The molecule has 0 radical (unpaired) electrons. The number of rotatable bonds is 5. The summed E-state index contributed by atoms with van der Waals surface area (Å²) in [7, 11) is 0. The van der Waals surface area contributed by atoms with Crippen molar-refractivity contribution in [3.8, 4) is 0 Å². The Bertz CT molecular complexity index is 308. The molecule has 1 saturated heterocycles. The molecule has 21 heavy (non-hydrogen) atoms. The van der Waals surface area contributed by atoms with Crippen LogP contribution in [0.4, 0.5) is 0 Å². The van der Waals surface area contributed by atoms with Gasteiger partial charge in [0.05, 0.1) is 0 Å². The molecule has 3 nitrogen and oxygen atoms in total. The first-order valence-electron chi connectivity index (χ1n) is 9.41. The number of nitrogens with one attached hydrogen (secondary N) is 2. The average Bonchev–Trinajstić information content (AvgIpc) is 3.04. The van der Waals surface area contributed by atoms with Crippen LogP contribution in [0.2, 0.25) is 0 Å². The van der Waals surface area contributed by atoms with E-state index in [9.17, 15) is 5.11 Å². The standard InChI is InChI=1S/C18H34N2O/c21-14-18(10-4-5-11-18)13-20-17-8-2-1-7-15(17)16-9-3-6-12-19-16/h15-17,19-21H,1-14H2. The molecule has 3 atom stereocenters. The second kappa shape index (κ2) is 7.43. The van der Waals surface area contributed by atoms with Gasteiger partial charge in [-0.3, -0.25) is 0 Å². The van der Waals surface area contributed by atoms with Gasteiger partial charge in [0.15, 0.2) is 0 Å². The smallest absolute Gasteiger partial charge is 0.0499 e. The van der Waals surface area contributed by atoms with E-state index in [-0.39, 0.29) is 5.41 Å². The summed E-state index contributed by atoms with van der Waals surface area (Å²) >= 11 is 0. The van der Waals surface area contributed by atoms with Crippen LogP contribution in [-0.2, 0) is 0 Å². The maximum absolute atomic E-state index is 9.81. The second-order valence-corrected chi connectivity index (χ2v) is 7.86. The zero-order valence-electron chi connectivity index (χ0n) is 13.6. The molecule has 2 aliphatic carbocycles. The summed E-state index contributed by atoms with van der Waals surface area (Å²) < 4.78 is 0. The molecule has 0 amide bonds. The van der Waals surface area contributed by atoms with E-state index in [0.717, 1.165) is 18.5 Å². The molecule has 1 heterocycles. The number of hydrogen-bond donors (Lipinski definition) is 3. The van der Waals surface area contributed by atoms with Gasteiger partial charge < -0.3 is 15.7 Å². The van der Waals surface area contributed by atoms with Crippen molar-refractivity contribution in [2.24, 2.45) is 11.3 Å². The van der Waals surface area contributed by atoms with E-state index in [1.165, 1.54) is 77.2 Å². The Balaban J connectivity index is 1.56. The molecule has 3 rings (SSSR count). The van der Waals surface area contributed by atoms with Gasteiger partial charge in [-0.2, -0.15) is 0 Å². The summed E-state index contributed by atoms with van der Waals surface area (Å²) in [5.74, 6) is 0.816. The van der Waals surface area contributed by atoms with Gasteiger partial charge >= 0.3 is 0 Å². The summed E-state index contributed by atoms with van der Waals surface area (Å²) in [6.45, 7) is 2.63. The molecule has 3 N–H and O–H groups in total. The first-order valence-corrected chi connectivity index (χ1v) is 9.41. The summed E-state index contributed by atoms with van der Waals surface area (Å²) in [5.41, 5.74) is 0.196. The number of aliphatic hydroxyl groups is 1. The van der Waals surface area contributed by atoms with Crippen molar-refractivity contribution in [3.05, 3.63) is 0 Å². The van der Waals surface area contributed by atoms with E-state index >= 15 is 0 Å². The van der Waals surface area contributed by atoms with Crippen LogP contribution in [0, 0.1) is 11.3 Å².